The fourth-order valence-corrected chi connectivity index (χ4v) is 7.61. The summed E-state index contributed by atoms with van der Waals surface area (Å²) in [6.45, 7) is 12.6. The van der Waals surface area contributed by atoms with E-state index < -0.39 is 0 Å². The van der Waals surface area contributed by atoms with E-state index in [1.807, 2.05) is 0 Å². The summed E-state index contributed by atoms with van der Waals surface area (Å²) in [5.74, 6) is 2.85. The normalized spacial score (nSPS) is 44.8. The predicted octanol–water partition coefficient (Wildman–Crippen LogP) is 4.40. The smallest absolute Gasteiger partial charge is 0.407 e. The van der Waals surface area contributed by atoms with Crippen molar-refractivity contribution in [3.8, 4) is 0 Å². The maximum absolute atomic E-state index is 12.3. The molecule has 5 heteroatoms. The number of Topliss-reactive ketones (excluding diaryl/α,β-unsaturated/α-hetero) is 1. The van der Waals surface area contributed by atoms with Crippen LogP contribution in [-0.2, 0) is 9.53 Å². The summed E-state index contributed by atoms with van der Waals surface area (Å²) in [6, 6.07) is 0.308. The van der Waals surface area contributed by atoms with Crippen LogP contribution in [0.1, 0.15) is 79.6 Å². The summed E-state index contributed by atoms with van der Waals surface area (Å²) in [5, 5.41) is 3.23. The third-order valence-corrected chi connectivity index (χ3v) is 9.25. The maximum atomic E-state index is 12.3. The van der Waals surface area contributed by atoms with Crippen LogP contribution in [0.4, 0.5) is 4.79 Å². The SMILES string of the molecule is CC(C)COC(=O)NC1CC[C@H]2[C@@H]3CCN4C(C)C(=O)CC[C@]4(C)[C@@H]3CC[C@]12C. The van der Waals surface area contributed by atoms with Crippen LogP contribution in [0, 0.1) is 29.1 Å². The van der Waals surface area contributed by atoms with Gasteiger partial charge in [0.05, 0.1) is 12.6 Å². The molecular weight excluding hydrogens is 364 g/mol. The van der Waals surface area contributed by atoms with E-state index in [9.17, 15) is 9.59 Å². The van der Waals surface area contributed by atoms with Crippen molar-refractivity contribution in [1.29, 1.82) is 0 Å². The molecule has 2 saturated heterocycles. The van der Waals surface area contributed by atoms with E-state index in [4.69, 9.17) is 4.74 Å². The average molecular weight is 405 g/mol. The maximum Gasteiger partial charge on any atom is 0.407 e. The number of nitrogens with zero attached hydrogens (tertiary/aromatic N) is 1. The van der Waals surface area contributed by atoms with E-state index in [-0.39, 0.29) is 29.1 Å². The number of carbonyl (C=O) groups is 2. The van der Waals surface area contributed by atoms with Crippen molar-refractivity contribution >= 4 is 11.9 Å². The average Bonchev–Trinajstić information content (AvgIpc) is 3.00. The molecule has 1 amide bonds. The first-order valence-corrected chi connectivity index (χ1v) is 11.9. The number of nitrogens with one attached hydrogen (secondary N) is 1. The lowest BCUT2D eigenvalue weighted by Crippen LogP contribution is -2.67. The van der Waals surface area contributed by atoms with E-state index in [1.165, 1.54) is 25.7 Å². The molecule has 1 N–H and O–H groups in total. The van der Waals surface area contributed by atoms with Gasteiger partial charge in [-0.15, -0.1) is 0 Å². The molecule has 2 saturated carbocycles. The van der Waals surface area contributed by atoms with E-state index in [2.05, 4.69) is 44.8 Å². The van der Waals surface area contributed by atoms with Gasteiger partial charge in [-0.25, -0.2) is 4.79 Å². The Bertz CT molecular complexity index is 665. The molecule has 0 aromatic heterocycles. The second kappa shape index (κ2) is 7.55. The molecule has 164 valence electrons. The first-order chi connectivity index (χ1) is 13.7. The summed E-state index contributed by atoms with van der Waals surface area (Å²) in [5.41, 5.74) is 0.339. The minimum atomic E-state index is -0.242. The first-order valence-electron chi connectivity index (χ1n) is 11.9. The van der Waals surface area contributed by atoms with E-state index in [0.29, 0.717) is 36.1 Å². The molecule has 4 rings (SSSR count). The highest BCUT2D eigenvalue weighted by Gasteiger charge is 2.60. The summed E-state index contributed by atoms with van der Waals surface area (Å²) in [6.07, 6.45) is 7.37. The molecular formula is C24H40N2O3. The Kier molecular flexibility index (Phi) is 5.50. The number of carbonyl (C=O) groups excluding carboxylic acids is 2. The number of amides is 1. The van der Waals surface area contributed by atoms with Crippen molar-refractivity contribution in [2.24, 2.45) is 29.1 Å². The minimum Gasteiger partial charge on any atom is -0.449 e. The van der Waals surface area contributed by atoms with Gasteiger partial charge in [-0.1, -0.05) is 20.8 Å². The highest BCUT2D eigenvalue weighted by molar-refractivity contribution is 5.84. The number of ether oxygens (including phenoxy) is 1. The van der Waals surface area contributed by atoms with Gasteiger partial charge >= 0.3 is 6.09 Å². The zero-order valence-corrected chi connectivity index (χ0v) is 19.0. The Balaban J connectivity index is 1.48. The number of piperidine rings is 2. The van der Waals surface area contributed by atoms with Gasteiger partial charge in [0.2, 0.25) is 0 Å². The van der Waals surface area contributed by atoms with Gasteiger partial charge in [0.15, 0.2) is 0 Å². The molecule has 2 aliphatic heterocycles. The van der Waals surface area contributed by atoms with Crippen LogP contribution in [-0.4, -0.2) is 47.6 Å². The van der Waals surface area contributed by atoms with Crippen molar-refractivity contribution < 1.29 is 14.3 Å². The lowest BCUT2D eigenvalue weighted by molar-refractivity contribution is -0.152. The molecule has 0 bridgehead atoms. The van der Waals surface area contributed by atoms with E-state index in [0.717, 1.165) is 25.8 Å². The molecule has 2 aliphatic carbocycles. The molecule has 0 aromatic rings. The van der Waals surface area contributed by atoms with Gasteiger partial charge in [0, 0.05) is 18.0 Å². The van der Waals surface area contributed by atoms with E-state index >= 15 is 0 Å². The van der Waals surface area contributed by atoms with Crippen LogP contribution in [0.25, 0.3) is 0 Å². The zero-order chi connectivity index (χ0) is 21.0. The van der Waals surface area contributed by atoms with Crippen molar-refractivity contribution in [1.82, 2.24) is 10.2 Å². The van der Waals surface area contributed by atoms with Crippen molar-refractivity contribution in [2.45, 2.75) is 97.2 Å². The van der Waals surface area contributed by atoms with Gasteiger partial charge in [-0.2, -0.15) is 0 Å². The van der Waals surface area contributed by atoms with Crippen LogP contribution < -0.4 is 5.32 Å². The molecule has 4 aliphatic rings. The Morgan fingerprint density at radius 1 is 1.17 bits per heavy atom. The van der Waals surface area contributed by atoms with Gasteiger partial charge in [0.25, 0.3) is 0 Å². The minimum absolute atomic E-state index is 0.0803. The molecule has 2 heterocycles. The Hall–Kier alpha value is -1.10. The van der Waals surface area contributed by atoms with Crippen LogP contribution in [0.3, 0.4) is 0 Å². The summed E-state index contributed by atoms with van der Waals surface area (Å²) < 4.78 is 5.42. The third kappa shape index (κ3) is 3.41. The molecule has 2 unspecified atom stereocenters. The topological polar surface area (TPSA) is 58.6 Å². The number of ketones is 1. The number of hydrogen-bond acceptors (Lipinski definition) is 4. The lowest BCUT2D eigenvalue weighted by atomic mass is 9.52. The van der Waals surface area contributed by atoms with Gasteiger partial charge in [0.1, 0.15) is 5.78 Å². The standard InChI is InChI=1S/C24H40N2O3/c1-15(2)14-29-22(28)25-21-7-6-18-17-10-13-26-16(3)20(27)9-12-24(26,5)19(17)8-11-23(18,21)4/h15-19,21H,6-14H2,1-5H3,(H,25,28)/t16?,17-,18-,19+,21?,23-,24+/m0/s1. The van der Waals surface area contributed by atoms with Crippen LogP contribution in [0.15, 0.2) is 0 Å². The van der Waals surface area contributed by atoms with Crippen LogP contribution >= 0.6 is 0 Å². The highest BCUT2D eigenvalue weighted by Crippen LogP contribution is 2.61. The fraction of sp³-hybridized carbons (Fsp3) is 0.917. The second-order valence-corrected chi connectivity index (χ2v) is 11.2. The van der Waals surface area contributed by atoms with Crippen molar-refractivity contribution in [2.75, 3.05) is 13.2 Å². The van der Waals surface area contributed by atoms with Crippen molar-refractivity contribution in [3.05, 3.63) is 0 Å². The number of hydrogen-bond donors (Lipinski definition) is 1. The molecule has 7 atom stereocenters. The number of rotatable bonds is 3. The summed E-state index contributed by atoms with van der Waals surface area (Å²) >= 11 is 0. The summed E-state index contributed by atoms with van der Waals surface area (Å²) in [4.78, 5) is 27.2. The predicted molar refractivity (Wildman–Crippen MR) is 114 cm³/mol. The van der Waals surface area contributed by atoms with Crippen molar-refractivity contribution in [3.63, 3.8) is 0 Å². The van der Waals surface area contributed by atoms with Gasteiger partial charge in [-0.05, 0) is 88.0 Å². The fourth-order valence-electron chi connectivity index (χ4n) is 7.61. The Morgan fingerprint density at radius 2 is 1.93 bits per heavy atom. The monoisotopic (exact) mass is 404 g/mol. The first kappa shape index (κ1) is 21.1. The number of alkyl carbamates (subject to hydrolysis) is 1. The van der Waals surface area contributed by atoms with E-state index in [1.54, 1.807) is 0 Å². The molecule has 4 fully saturated rings. The molecule has 5 nitrogen and oxygen atoms in total. The quantitative estimate of drug-likeness (QED) is 0.758. The summed E-state index contributed by atoms with van der Waals surface area (Å²) in [7, 11) is 0. The lowest BCUT2D eigenvalue weighted by Gasteiger charge is -2.62. The Morgan fingerprint density at radius 3 is 2.66 bits per heavy atom. The zero-order valence-electron chi connectivity index (χ0n) is 19.0. The third-order valence-electron chi connectivity index (χ3n) is 9.25. The molecule has 0 radical (unpaired) electrons. The number of fused-ring (bicyclic) bond motifs is 5. The van der Waals surface area contributed by atoms with Gasteiger partial charge in [-0.3, -0.25) is 9.69 Å². The molecule has 0 aromatic carbocycles. The van der Waals surface area contributed by atoms with Crippen LogP contribution in [0.5, 0.6) is 0 Å². The Labute approximate surface area is 176 Å². The van der Waals surface area contributed by atoms with Crippen LogP contribution in [0.2, 0.25) is 0 Å². The molecule has 29 heavy (non-hydrogen) atoms. The molecule has 0 spiro atoms. The second-order valence-electron chi connectivity index (χ2n) is 11.2. The van der Waals surface area contributed by atoms with Gasteiger partial charge < -0.3 is 10.1 Å². The highest BCUT2D eigenvalue weighted by atomic mass is 16.5. The largest absolute Gasteiger partial charge is 0.449 e.